The van der Waals surface area contributed by atoms with E-state index >= 15 is 0 Å². The zero-order valence-electron chi connectivity index (χ0n) is 8.76. The smallest absolute Gasteiger partial charge is 0.129 e. The van der Waals surface area contributed by atoms with Crippen LogP contribution in [0.5, 0.6) is 0 Å². The first kappa shape index (κ1) is 10.4. The van der Waals surface area contributed by atoms with Crippen LogP contribution in [0.15, 0.2) is 18.2 Å². The van der Waals surface area contributed by atoms with Crippen molar-refractivity contribution in [2.45, 2.75) is 25.4 Å². The summed E-state index contributed by atoms with van der Waals surface area (Å²) in [5.74, 6) is 0.939. The fraction of sp³-hybridized carbons (Fsp3) is 0.545. The van der Waals surface area contributed by atoms with Gasteiger partial charge in [-0.1, -0.05) is 6.07 Å². The van der Waals surface area contributed by atoms with Crippen LogP contribution in [-0.2, 0) is 6.54 Å². The average molecular weight is 207 g/mol. The van der Waals surface area contributed by atoms with Gasteiger partial charge >= 0.3 is 0 Å². The number of anilines is 1. The van der Waals surface area contributed by atoms with Crippen LogP contribution in [0.25, 0.3) is 0 Å². The lowest BCUT2D eigenvalue weighted by molar-refractivity contribution is 0.266. The Balaban J connectivity index is 2.20. The highest BCUT2D eigenvalue weighted by molar-refractivity contribution is 5.41. The van der Waals surface area contributed by atoms with E-state index in [2.05, 4.69) is 9.88 Å². The van der Waals surface area contributed by atoms with Crippen molar-refractivity contribution in [3.05, 3.63) is 23.9 Å². The highest BCUT2D eigenvalue weighted by atomic mass is 16.3. The lowest BCUT2D eigenvalue weighted by Crippen LogP contribution is -2.32. The number of aliphatic hydroxyl groups excluding tert-OH is 1. The second-order valence-electron chi connectivity index (χ2n) is 3.86. The van der Waals surface area contributed by atoms with E-state index in [0.717, 1.165) is 30.9 Å². The Hall–Kier alpha value is -1.13. The summed E-state index contributed by atoms with van der Waals surface area (Å²) in [6.45, 7) is 1.65. The molecule has 1 saturated heterocycles. The molecule has 0 spiro atoms. The van der Waals surface area contributed by atoms with Crippen molar-refractivity contribution in [1.82, 2.24) is 4.98 Å². The Kier molecular flexibility index (Phi) is 3.18. The standard InChI is InChI=1S/C11H17N3O/c12-7-9-3-1-5-11(13-9)14-6-2-4-10(14)8-15/h1,3,5,10,15H,2,4,6-8,12H2. The van der Waals surface area contributed by atoms with Crippen LogP contribution in [0, 0.1) is 0 Å². The highest BCUT2D eigenvalue weighted by Gasteiger charge is 2.24. The van der Waals surface area contributed by atoms with Crippen LogP contribution < -0.4 is 10.6 Å². The molecule has 1 unspecified atom stereocenters. The second-order valence-corrected chi connectivity index (χ2v) is 3.86. The summed E-state index contributed by atoms with van der Waals surface area (Å²) in [7, 11) is 0. The summed E-state index contributed by atoms with van der Waals surface area (Å²) in [6, 6.07) is 6.10. The van der Waals surface area contributed by atoms with Crippen molar-refractivity contribution in [3.8, 4) is 0 Å². The Bertz CT molecular complexity index is 329. The fourth-order valence-corrected chi connectivity index (χ4v) is 2.07. The maximum Gasteiger partial charge on any atom is 0.129 e. The van der Waals surface area contributed by atoms with Gasteiger partial charge in [-0.25, -0.2) is 4.98 Å². The molecule has 0 aromatic carbocycles. The summed E-state index contributed by atoms with van der Waals surface area (Å²) in [4.78, 5) is 6.63. The van der Waals surface area contributed by atoms with E-state index < -0.39 is 0 Å². The molecule has 1 atom stereocenters. The lowest BCUT2D eigenvalue weighted by atomic mass is 10.2. The molecule has 1 aliphatic heterocycles. The first-order chi connectivity index (χ1) is 7.35. The van der Waals surface area contributed by atoms with E-state index in [0.29, 0.717) is 6.54 Å². The van der Waals surface area contributed by atoms with Crippen LogP contribution in [0.4, 0.5) is 5.82 Å². The Morgan fingerprint density at radius 3 is 3.13 bits per heavy atom. The zero-order chi connectivity index (χ0) is 10.7. The van der Waals surface area contributed by atoms with Gasteiger partial charge in [-0.15, -0.1) is 0 Å². The number of hydrogen-bond acceptors (Lipinski definition) is 4. The molecule has 3 N–H and O–H groups in total. The van der Waals surface area contributed by atoms with Gasteiger partial charge in [0, 0.05) is 13.1 Å². The van der Waals surface area contributed by atoms with Crippen LogP contribution in [0.1, 0.15) is 18.5 Å². The molecule has 2 heterocycles. The van der Waals surface area contributed by atoms with Crippen molar-refractivity contribution in [1.29, 1.82) is 0 Å². The van der Waals surface area contributed by atoms with Crippen molar-refractivity contribution in [2.75, 3.05) is 18.1 Å². The monoisotopic (exact) mass is 207 g/mol. The maximum absolute atomic E-state index is 9.23. The van der Waals surface area contributed by atoms with E-state index in [-0.39, 0.29) is 12.6 Å². The number of pyridine rings is 1. The van der Waals surface area contributed by atoms with Gasteiger partial charge in [-0.05, 0) is 25.0 Å². The summed E-state index contributed by atoms with van der Waals surface area (Å²) >= 11 is 0. The predicted molar refractivity (Wildman–Crippen MR) is 59.6 cm³/mol. The Morgan fingerprint density at radius 2 is 2.40 bits per heavy atom. The van der Waals surface area contributed by atoms with Gasteiger partial charge < -0.3 is 15.7 Å². The first-order valence-corrected chi connectivity index (χ1v) is 5.38. The van der Waals surface area contributed by atoms with E-state index in [9.17, 15) is 5.11 Å². The summed E-state index contributed by atoms with van der Waals surface area (Å²) in [5, 5.41) is 9.23. The van der Waals surface area contributed by atoms with Gasteiger partial charge in [-0.3, -0.25) is 0 Å². The lowest BCUT2D eigenvalue weighted by Gasteiger charge is -2.24. The minimum atomic E-state index is 0.203. The third-order valence-corrected chi connectivity index (χ3v) is 2.88. The highest BCUT2D eigenvalue weighted by Crippen LogP contribution is 2.23. The number of hydrogen-bond donors (Lipinski definition) is 2. The second kappa shape index (κ2) is 4.59. The van der Waals surface area contributed by atoms with E-state index in [1.165, 1.54) is 0 Å². The number of aromatic nitrogens is 1. The largest absolute Gasteiger partial charge is 0.394 e. The van der Waals surface area contributed by atoms with Crippen LogP contribution in [0.2, 0.25) is 0 Å². The predicted octanol–water partition coefficient (Wildman–Crippen LogP) is 0.501. The SMILES string of the molecule is NCc1cccc(N2CCCC2CO)n1. The minimum Gasteiger partial charge on any atom is -0.394 e. The number of nitrogens with two attached hydrogens (primary N) is 1. The molecule has 15 heavy (non-hydrogen) atoms. The molecule has 0 aliphatic carbocycles. The molecule has 0 saturated carbocycles. The van der Waals surface area contributed by atoms with Crippen LogP contribution in [0.3, 0.4) is 0 Å². The van der Waals surface area contributed by atoms with Crippen LogP contribution >= 0.6 is 0 Å². The molecule has 1 aliphatic rings. The molecule has 0 bridgehead atoms. The molecule has 1 aromatic rings. The summed E-state index contributed by atoms with van der Waals surface area (Å²) < 4.78 is 0. The average Bonchev–Trinajstić information content (AvgIpc) is 2.77. The summed E-state index contributed by atoms with van der Waals surface area (Å²) in [6.07, 6.45) is 2.17. The van der Waals surface area contributed by atoms with Gasteiger partial charge in [0.05, 0.1) is 18.3 Å². The normalized spacial score (nSPS) is 20.9. The van der Waals surface area contributed by atoms with Crippen molar-refractivity contribution >= 4 is 5.82 Å². The molecule has 0 radical (unpaired) electrons. The van der Waals surface area contributed by atoms with Crippen molar-refractivity contribution < 1.29 is 5.11 Å². The molecule has 4 nitrogen and oxygen atoms in total. The third-order valence-electron chi connectivity index (χ3n) is 2.88. The quantitative estimate of drug-likeness (QED) is 0.757. The molecule has 82 valence electrons. The van der Waals surface area contributed by atoms with E-state index in [1.54, 1.807) is 0 Å². The Labute approximate surface area is 89.7 Å². The number of aliphatic hydroxyl groups is 1. The van der Waals surface area contributed by atoms with Gasteiger partial charge in [0.1, 0.15) is 5.82 Å². The van der Waals surface area contributed by atoms with Crippen molar-refractivity contribution in [3.63, 3.8) is 0 Å². The molecule has 4 heteroatoms. The zero-order valence-corrected chi connectivity index (χ0v) is 8.76. The molecule has 0 amide bonds. The van der Waals surface area contributed by atoms with Gasteiger partial charge in [0.2, 0.25) is 0 Å². The van der Waals surface area contributed by atoms with E-state index in [1.807, 2.05) is 18.2 Å². The van der Waals surface area contributed by atoms with Gasteiger partial charge in [0.25, 0.3) is 0 Å². The topological polar surface area (TPSA) is 62.4 Å². The van der Waals surface area contributed by atoms with Gasteiger partial charge in [0.15, 0.2) is 0 Å². The number of rotatable bonds is 3. The Morgan fingerprint density at radius 1 is 1.53 bits per heavy atom. The molecule has 2 rings (SSSR count). The summed E-state index contributed by atoms with van der Waals surface area (Å²) in [5.41, 5.74) is 6.45. The minimum absolute atomic E-state index is 0.203. The molecular weight excluding hydrogens is 190 g/mol. The maximum atomic E-state index is 9.23. The molecule has 1 aromatic heterocycles. The number of nitrogens with zero attached hydrogens (tertiary/aromatic N) is 2. The van der Waals surface area contributed by atoms with E-state index in [4.69, 9.17) is 5.73 Å². The van der Waals surface area contributed by atoms with Crippen LogP contribution in [-0.4, -0.2) is 29.3 Å². The molecular formula is C11H17N3O. The third kappa shape index (κ3) is 2.11. The fourth-order valence-electron chi connectivity index (χ4n) is 2.07. The first-order valence-electron chi connectivity index (χ1n) is 5.38. The van der Waals surface area contributed by atoms with Crippen molar-refractivity contribution in [2.24, 2.45) is 5.73 Å². The molecule has 1 fully saturated rings. The van der Waals surface area contributed by atoms with Gasteiger partial charge in [-0.2, -0.15) is 0 Å².